The van der Waals surface area contributed by atoms with Crippen LogP contribution in [-0.2, 0) is 0 Å². The molecule has 0 unspecified atom stereocenters. The predicted molar refractivity (Wildman–Crippen MR) is 231 cm³/mol. The molecule has 3 nitrogen and oxygen atoms in total. The van der Waals surface area contributed by atoms with Gasteiger partial charge in [0.15, 0.2) is 0 Å². The first kappa shape index (κ1) is 31.2. The molecule has 0 saturated heterocycles. The van der Waals surface area contributed by atoms with Crippen molar-refractivity contribution < 1.29 is 4.42 Å². The third-order valence-electron chi connectivity index (χ3n) is 11.0. The monoisotopic (exact) mass is 702 g/mol. The molecule has 0 radical (unpaired) electrons. The molecule has 0 saturated carbocycles. The number of furan rings is 1. The minimum Gasteiger partial charge on any atom is -0.455 e. The van der Waals surface area contributed by atoms with Crippen molar-refractivity contribution in [3.8, 4) is 27.9 Å². The zero-order valence-corrected chi connectivity index (χ0v) is 29.9. The fourth-order valence-corrected chi connectivity index (χ4v) is 8.56. The molecule has 258 valence electrons. The summed E-state index contributed by atoms with van der Waals surface area (Å²) in [6.07, 6.45) is 0. The van der Waals surface area contributed by atoms with Gasteiger partial charge in [-0.15, -0.1) is 0 Å². The Morgan fingerprint density at radius 3 is 1.95 bits per heavy atom. The minimum atomic E-state index is 0.897. The third-order valence-corrected chi connectivity index (χ3v) is 11.0. The summed E-state index contributed by atoms with van der Waals surface area (Å²) in [5.74, 6) is 0. The van der Waals surface area contributed by atoms with Crippen LogP contribution in [0.4, 0.5) is 17.1 Å². The van der Waals surface area contributed by atoms with Crippen LogP contribution < -0.4 is 4.90 Å². The van der Waals surface area contributed by atoms with E-state index in [0.717, 1.165) is 66.8 Å². The first-order valence-corrected chi connectivity index (χ1v) is 18.8. The van der Waals surface area contributed by atoms with Crippen LogP contribution in [0.2, 0.25) is 0 Å². The second-order valence-corrected chi connectivity index (χ2v) is 14.1. The minimum absolute atomic E-state index is 0.897. The number of hydrogen-bond acceptors (Lipinski definition) is 2. The van der Waals surface area contributed by atoms with Crippen LogP contribution in [0, 0.1) is 0 Å². The van der Waals surface area contributed by atoms with Crippen molar-refractivity contribution in [2.24, 2.45) is 0 Å². The van der Waals surface area contributed by atoms with E-state index >= 15 is 0 Å². The highest BCUT2D eigenvalue weighted by atomic mass is 16.3. The highest BCUT2D eigenvalue weighted by molar-refractivity contribution is 6.18. The Labute approximate surface area is 318 Å². The molecule has 11 rings (SSSR count). The van der Waals surface area contributed by atoms with Crippen molar-refractivity contribution in [3.63, 3.8) is 0 Å². The van der Waals surface area contributed by atoms with Gasteiger partial charge in [0.25, 0.3) is 0 Å². The van der Waals surface area contributed by atoms with Gasteiger partial charge < -0.3 is 13.9 Å². The van der Waals surface area contributed by atoms with Gasteiger partial charge in [-0.2, -0.15) is 0 Å². The SMILES string of the molecule is c1ccc(-c2ccccc2N(c2ccc3ccccc3c2)c2cccc3c2c2ccccc2n3-c2ccccc2-c2cccc3c2oc2ccccc23)cc1. The summed E-state index contributed by atoms with van der Waals surface area (Å²) in [6.45, 7) is 0. The van der Waals surface area contributed by atoms with Gasteiger partial charge in [-0.05, 0) is 64.9 Å². The highest BCUT2D eigenvalue weighted by Crippen LogP contribution is 2.48. The van der Waals surface area contributed by atoms with Crippen LogP contribution in [0.1, 0.15) is 0 Å². The summed E-state index contributed by atoms with van der Waals surface area (Å²) in [4.78, 5) is 2.45. The smallest absolute Gasteiger partial charge is 0.143 e. The van der Waals surface area contributed by atoms with E-state index in [1.807, 2.05) is 6.07 Å². The summed E-state index contributed by atoms with van der Waals surface area (Å²) >= 11 is 0. The van der Waals surface area contributed by atoms with Crippen molar-refractivity contribution in [2.75, 3.05) is 4.90 Å². The van der Waals surface area contributed by atoms with E-state index < -0.39 is 0 Å². The van der Waals surface area contributed by atoms with E-state index in [0.29, 0.717) is 0 Å². The maximum absolute atomic E-state index is 6.60. The standard InChI is InChI=1S/C52H34N2O/c1-2-17-36(18-3-1)39-20-6-10-26-45(39)53(38-33-32-35-16-4-5-19-37(35)34-38)48-29-15-30-49-51(48)44-23-8-12-28-47(44)54(49)46-27-11-7-21-40(46)42-24-14-25-43-41-22-9-13-31-50(41)55-52(42)43/h1-34H. The molecule has 0 aliphatic carbocycles. The van der Waals surface area contributed by atoms with Crippen LogP contribution in [0.5, 0.6) is 0 Å². The van der Waals surface area contributed by atoms with Crippen LogP contribution in [0.15, 0.2) is 211 Å². The average Bonchev–Trinajstić information content (AvgIpc) is 3.81. The Morgan fingerprint density at radius 2 is 1.04 bits per heavy atom. The van der Waals surface area contributed by atoms with Crippen molar-refractivity contribution in [1.29, 1.82) is 0 Å². The van der Waals surface area contributed by atoms with Gasteiger partial charge in [0, 0.05) is 43.9 Å². The molecule has 2 aromatic heterocycles. The van der Waals surface area contributed by atoms with Crippen molar-refractivity contribution in [3.05, 3.63) is 206 Å². The molecule has 0 aliphatic heterocycles. The summed E-state index contributed by atoms with van der Waals surface area (Å²) in [7, 11) is 0. The van der Waals surface area contributed by atoms with Gasteiger partial charge in [0.1, 0.15) is 11.2 Å². The molecule has 2 heterocycles. The summed E-state index contributed by atoms with van der Waals surface area (Å²) in [6, 6.07) is 74.0. The Kier molecular flexibility index (Phi) is 7.17. The second kappa shape index (κ2) is 12.6. The molecule has 0 amide bonds. The van der Waals surface area contributed by atoms with E-state index in [4.69, 9.17) is 4.42 Å². The molecule has 0 fully saturated rings. The quantitative estimate of drug-likeness (QED) is 0.172. The van der Waals surface area contributed by atoms with Gasteiger partial charge in [0.2, 0.25) is 0 Å². The Bertz CT molecular complexity index is 3220. The lowest BCUT2D eigenvalue weighted by atomic mass is 10.00. The topological polar surface area (TPSA) is 21.3 Å². The lowest BCUT2D eigenvalue weighted by molar-refractivity contribution is 0.670. The number of rotatable bonds is 6. The largest absolute Gasteiger partial charge is 0.455 e. The van der Waals surface area contributed by atoms with Gasteiger partial charge in [-0.1, -0.05) is 158 Å². The zero-order valence-electron chi connectivity index (χ0n) is 29.9. The first-order chi connectivity index (χ1) is 27.3. The predicted octanol–water partition coefficient (Wildman–Crippen LogP) is 14.6. The van der Waals surface area contributed by atoms with Crippen molar-refractivity contribution >= 4 is 71.6 Å². The van der Waals surface area contributed by atoms with Gasteiger partial charge in [0.05, 0.1) is 28.1 Å². The number of nitrogens with zero attached hydrogens (tertiary/aromatic N) is 2. The van der Waals surface area contributed by atoms with Crippen LogP contribution >= 0.6 is 0 Å². The van der Waals surface area contributed by atoms with Gasteiger partial charge >= 0.3 is 0 Å². The number of para-hydroxylation sites is 5. The molecule has 3 heteroatoms. The zero-order chi connectivity index (χ0) is 36.3. The van der Waals surface area contributed by atoms with E-state index in [-0.39, 0.29) is 0 Å². The summed E-state index contributed by atoms with van der Waals surface area (Å²) in [5.41, 5.74) is 13.0. The number of aromatic nitrogens is 1. The Morgan fingerprint density at radius 1 is 0.400 bits per heavy atom. The molecular weight excluding hydrogens is 669 g/mol. The second-order valence-electron chi connectivity index (χ2n) is 14.1. The van der Waals surface area contributed by atoms with E-state index in [2.05, 4.69) is 210 Å². The van der Waals surface area contributed by atoms with E-state index in [1.54, 1.807) is 0 Å². The maximum Gasteiger partial charge on any atom is 0.143 e. The van der Waals surface area contributed by atoms with E-state index in [1.165, 1.54) is 32.7 Å². The molecular formula is C52H34N2O. The molecule has 11 aromatic rings. The number of fused-ring (bicyclic) bond motifs is 7. The average molecular weight is 703 g/mol. The molecule has 0 aliphatic rings. The Balaban J connectivity index is 1.21. The lowest BCUT2D eigenvalue weighted by Crippen LogP contribution is -2.11. The van der Waals surface area contributed by atoms with Crippen molar-refractivity contribution in [1.82, 2.24) is 4.57 Å². The van der Waals surface area contributed by atoms with Crippen molar-refractivity contribution in [2.45, 2.75) is 0 Å². The van der Waals surface area contributed by atoms with Crippen LogP contribution in [-0.4, -0.2) is 4.57 Å². The van der Waals surface area contributed by atoms with Gasteiger partial charge in [-0.25, -0.2) is 0 Å². The van der Waals surface area contributed by atoms with Gasteiger partial charge in [-0.3, -0.25) is 0 Å². The third kappa shape index (κ3) is 4.98. The normalized spacial score (nSPS) is 11.6. The number of benzene rings is 9. The highest BCUT2D eigenvalue weighted by Gasteiger charge is 2.24. The molecule has 9 aromatic carbocycles. The van der Waals surface area contributed by atoms with Crippen LogP contribution in [0.25, 0.3) is 82.5 Å². The summed E-state index contributed by atoms with van der Waals surface area (Å²) < 4.78 is 9.03. The van der Waals surface area contributed by atoms with E-state index in [9.17, 15) is 0 Å². The fourth-order valence-electron chi connectivity index (χ4n) is 8.56. The molecule has 0 N–H and O–H groups in total. The lowest BCUT2D eigenvalue weighted by Gasteiger charge is -2.29. The molecule has 0 bridgehead atoms. The summed E-state index contributed by atoms with van der Waals surface area (Å²) in [5, 5.41) is 7.04. The fraction of sp³-hybridized carbons (Fsp3) is 0. The maximum atomic E-state index is 6.60. The number of hydrogen-bond donors (Lipinski definition) is 0. The first-order valence-electron chi connectivity index (χ1n) is 18.8. The van der Waals surface area contributed by atoms with Crippen LogP contribution in [0.3, 0.4) is 0 Å². The molecule has 0 spiro atoms. The Hall–Kier alpha value is -7.36. The number of anilines is 3. The molecule has 55 heavy (non-hydrogen) atoms. The molecule has 0 atom stereocenters.